The first-order valence-corrected chi connectivity index (χ1v) is 11.8. The van der Waals surface area contributed by atoms with Gasteiger partial charge < -0.3 is 19.3 Å². The number of carbonyl (C=O) groups excluding carboxylic acids is 1. The number of hydrogen-bond donors (Lipinski definition) is 0. The Morgan fingerprint density at radius 1 is 1.06 bits per heavy atom. The fourth-order valence-corrected chi connectivity index (χ4v) is 5.29. The number of amides is 1. The Bertz CT molecular complexity index is 915. The molecule has 2 fully saturated rings. The molecule has 0 atom stereocenters. The molecule has 1 aliphatic heterocycles. The van der Waals surface area contributed by atoms with Crippen LogP contribution >= 0.6 is 11.3 Å². The molecular formula is C23H30N4O3S. The topological polar surface area (TPSA) is 67.8 Å². The second-order valence-electron chi connectivity index (χ2n) is 8.01. The minimum absolute atomic E-state index is 0.00433. The molecule has 1 aromatic carbocycles. The van der Waals surface area contributed by atoms with Crippen LogP contribution in [0.25, 0.3) is 6.08 Å². The quantitative estimate of drug-likeness (QED) is 0.631. The predicted molar refractivity (Wildman–Crippen MR) is 123 cm³/mol. The van der Waals surface area contributed by atoms with E-state index in [-0.39, 0.29) is 5.91 Å². The van der Waals surface area contributed by atoms with E-state index in [2.05, 4.69) is 15.1 Å². The van der Waals surface area contributed by atoms with Gasteiger partial charge in [0.15, 0.2) is 0 Å². The van der Waals surface area contributed by atoms with Crippen molar-refractivity contribution in [1.29, 1.82) is 0 Å². The summed E-state index contributed by atoms with van der Waals surface area (Å²) in [6, 6.07) is 5.54. The summed E-state index contributed by atoms with van der Waals surface area (Å²) >= 11 is 1.73. The zero-order valence-corrected chi connectivity index (χ0v) is 19.1. The van der Waals surface area contributed by atoms with Crippen molar-refractivity contribution in [2.75, 3.05) is 45.3 Å². The molecule has 4 rings (SSSR count). The number of piperazine rings is 1. The molecule has 0 N–H and O–H groups in total. The van der Waals surface area contributed by atoms with E-state index in [1.165, 1.54) is 37.1 Å². The summed E-state index contributed by atoms with van der Waals surface area (Å²) in [6.45, 7) is 2.91. The van der Waals surface area contributed by atoms with E-state index in [1.807, 2.05) is 23.1 Å². The number of nitrogens with zero attached hydrogens (tertiary/aromatic N) is 4. The van der Waals surface area contributed by atoms with Crippen LogP contribution < -0.4 is 14.4 Å². The highest BCUT2D eigenvalue weighted by molar-refractivity contribution is 7.15. The minimum atomic E-state index is 0.00433. The Morgan fingerprint density at radius 3 is 2.55 bits per heavy atom. The Labute approximate surface area is 187 Å². The molecule has 1 saturated heterocycles. The smallest absolute Gasteiger partial charge is 0.246 e. The Balaban J connectivity index is 1.33. The van der Waals surface area contributed by atoms with Crippen molar-refractivity contribution in [3.63, 3.8) is 0 Å². The number of aromatic nitrogens is 2. The van der Waals surface area contributed by atoms with Gasteiger partial charge in [0.05, 0.1) is 14.2 Å². The van der Waals surface area contributed by atoms with Crippen LogP contribution in [0.4, 0.5) is 5.13 Å². The fraction of sp³-hybridized carbons (Fsp3) is 0.522. The molecule has 1 saturated carbocycles. The van der Waals surface area contributed by atoms with Crippen molar-refractivity contribution in [2.45, 2.75) is 38.0 Å². The van der Waals surface area contributed by atoms with E-state index in [4.69, 9.17) is 9.47 Å². The van der Waals surface area contributed by atoms with Crippen LogP contribution in [0.5, 0.6) is 11.5 Å². The molecule has 1 aromatic heterocycles. The van der Waals surface area contributed by atoms with Crippen LogP contribution in [-0.4, -0.2) is 61.4 Å². The number of benzene rings is 1. The van der Waals surface area contributed by atoms with Gasteiger partial charge in [-0.1, -0.05) is 30.6 Å². The van der Waals surface area contributed by atoms with Gasteiger partial charge >= 0.3 is 0 Å². The maximum Gasteiger partial charge on any atom is 0.246 e. The van der Waals surface area contributed by atoms with Crippen molar-refractivity contribution in [3.05, 3.63) is 34.8 Å². The van der Waals surface area contributed by atoms with Crippen LogP contribution in [0.1, 0.15) is 48.6 Å². The molecule has 2 aromatic rings. The minimum Gasteiger partial charge on any atom is -0.497 e. The highest BCUT2D eigenvalue weighted by Crippen LogP contribution is 2.36. The van der Waals surface area contributed by atoms with E-state index < -0.39 is 0 Å². The summed E-state index contributed by atoms with van der Waals surface area (Å²) in [5.41, 5.74) is 0.818. The lowest BCUT2D eigenvalue weighted by molar-refractivity contribution is -0.126. The highest BCUT2D eigenvalue weighted by Gasteiger charge is 2.25. The number of carbonyl (C=O) groups is 1. The SMILES string of the molecule is COc1ccc(OC)c(/C=C/C(=O)N2CCN(c3nnc(C4CCCCC4)s3)CC2)c1. The summed E-state index contributed by atoms with van der Waals surface area (Å²) in [4.78, 5) is 16.8. The van der Waals surface area contributed by atoms with E-state index >= 15 is 0 Å². The van der Waals surface area contributed by atoms with E-state index in [0.29, 0.717) is 24.8 Å². The molecular weight excluding hydrogens is 412 g/mol. The molecule has 1 aliphatic carbocycles. The molecule has 166 valence electrons. The molecule has 0 bridgehead atoms. The molecule has 1 amide bonds. The monoisotopic (exact) mass is 442 g/mol. The molecule has 0 unspecified atom stereocenters. The lowest BCUT2D eigenvalue weighted by Gasteiger charge is -2.33. The van der Waals surface area contributed by atoms with Crippen LogP contribution in [0.15, 0.2) is 24.3 Å². The van der Waals surface area contributed by atoms with Crippen LogP contribution in [0.3, 0.4) is 0 Å². The first kappa shape index (κ1) is 21.6. The molecule has 0 radical (unpaired) electrons. The van der Waals surface area contributed by atoms with Gasteiger partial charge in [-0.05, 0) is 37.1 Å². The standard InChI is InChI=1S/C23H30N4O3S/c1-29-19-9-10-20(30-2)18(16-19)8-11-21(28)26-12-14-27(15-13-26)23-25-24-22(31-23)17-6-4-3-5-7-17/h8-11,16-17H,3-7,12-15H2,1-2H3/b11-8+. The first-order valence-electron chi connectivity index (χ1n) is 11.0. The largest absolute Gasteiger partial charge is 0.497 e. The number of methoxy groups -OCH3 is 2. The van der Waals surface area contributed by atoms with Gasteiger partial charge in [-0.2, -0.15) is 0 Å². The molecule has 0 spiro atoms. The summed E-state index contributed by atoms with van der Waals surface area (Å²) in [6.07, 6.45) is 9.82. The zero-order chi connectivity index (χ0) is 21.6. The summed E-state index contributed by atoms with van der Waals surface area (Å²) in [5.74, 6) is 2.03. The van der Waals surface area contributed by atoms with Gasteiger partial charge in [0.2, 0.25) is 11.0 Å². The maximum absolute atomic E-state index is 12.7. The van der Waals surface area contributed by atoms with Gasteiger partial charge in [-0.3, -0.25) is 4.79 Å². The maximum atomic E-state index is 12.7. The highest BCUT2D eigenvalue weighted by atomic mass is 32.1. The Morgan fingerprint density at radius 2 is 1.84 bits per heavy atom. The lowest BCUT2D eigenvalue weighted by atomic mass is 9.90. The molecule has 2 heterocycles. The van der Waals surface area contributed by atoms with Crippen molar-refractivity contribution < 1.29 is 14.3 Å². The third-order valence-electron chi connectivity index (χ3n) is 6.09. The average molecular weight is 443 g/mol. The van der Waals surface area contributed by atoms with Gasteiger partial charge in [0, 0.05) is 43.7 Å². The zero-order valence-electron chi connectivity index (χ0n) is 18.2. The molecule has 2 aliphatic rings. The van der Waals surface area contributed by atoms with Crippen molar-refractivity contribution >= 4 is 28.5 Å². The van der Waals surface area contributed by atoms with E-state index in [0.717, 1.165) is 29.5 Å². The average Bonchev–Trinajstić information content (AvgIpc) is 3.33. The second kappa shape index (κ2) is 10.1. The Hall–Kier alpha value is -2.61. The summed E-state index contributed by atoms with van der Waals surface area (Å²) in [7, 11) is 3.24. The second-order valence-corrected chi connectivity index (χ2v) is 9.00. The lowest BCUT2D eigenvalue weighted by Crippen LogP contribution is -2.48. The van der Waals surface area contributed by atoms with Gasteiger partial charge in [0.25, 0.3) is 0 Å². The predicted octanol–water partition coefficient (Wildman–Crippen LogP) is 3.97. The molecule has 31 heavy (non-hydrogen) atoms. The van der Waals surface area contributed by atoms with Crippen LogP contribution in [-0.2, 0) is 4.79 Å². The van der Waals surface area contributed by atoms with Crippen LogP contribution in [0.2, 0.25) is 0 Å². The number of anilines is 1. The normalized spacial score (nSPS) is 17.9. The van der Waals surface area contributed by atoms with E-state index in [1.54, 1.807) is 37.7 Å². The van der Waals surface area contributed by atoms with Crippen molar-refractivity contribution in [3.8, 4) is 11.5 Å². The van der Waals surface area contributed by atoms with Gasteiger partial charge in [-0.15, -0.1) is 10.2 Å². The Kier molecular flexibility index (Phi) is 7.06. The van der Waals surface area contributed by atoms with Crippen molar-refractivity contribution in [1.82, 2.24) is 15.1 Å². The third-order valence-corrected chi connectivity index (χ3v) is 7.24. The summed E-state index contributed by atoms with van der Waals surface area (Å²) < 4.78 is 10.7. The number of hydrogen-bond acceptors (Lipinski definition) is 7. The number of rotatable bonds is 6. The third kappa shape index (κ3) is 5.18. The van der Waals surface area contributed by atoms with Gasteiger partial charge in [-0.25, -0.2) is 0 Å². The van der Waals surface area contributed by atoms with Gasteiger partial charge in [0.1, 0.15) is 16.5 Å². The fourth-order valence-electron chi connectivity index (χ4n) is 4.22. The molecule has 7 nitrogen and oxygen atoms in total. The first-order chi connectivity index (χ1) is 15.2. The summed E-state index contributed by atoms with van der Waals surface area (Å²) in [5, 5.41) is 11.1. The number of ether oxygens (including phenoxy) is 2. The molecule has 8 heteroatoms. The van der Waals surface area contributed by atoms with E-state index in [9.17, 15) is 4.79 Å². The van der Waals surface area contributed by atoms with Crippen molar-refractivity contribution in [2.24, 2.45) is 0 Å². The van der Waals surface area contributed by atoms with Crippen LogP contribution in [0, 0.1) is 0 Å².